The minimum atomic E-state index is -0.703. The van der Waals surface area contributed by atoms with Crippen LogP contribution in [-0.4, -0.2) is 23.1 Å². The maximum Gasteiger partial charge on any atom is 0.326 e. The third-order valence-corrected chi connectivity index (χ3v) is 3.61. The quantitative estimate of drug-likeness (QED) is 0.836. The van der Waals surface area contributed by atoms with Crippen LogP contribution in [0.3, 0.4) is 0 Å². The highest BCUT2D eigenvalue weighted by Crippen LogP contribution is 2.29. The van der Waals surface area contributed by atoms with E-state index in [4.69, 9.17) is 27.9 Å². The lowest BCUT2D eigenvalue weighted by Gasteiger charge is -2.09. The Kier molecular flexibility index (Phi) is 5.78. The molecule has 2 rings (SSSR count). The van der Waals surface area contributed by atoms with Gasteiger partial charge in [-0.3, -0.25) is 14.4 Å². The number of carbonyl (C=O) groups is 2. The van der Waals surface area contributed by atoms with Gasteiger partial charge in [0.1, 0.15) is 6.54 Å². The molecule has 0 aliphatic rings. The average molecular weight is 355 g/mol. The number of anilines is 1. The molecule has 0 atom stereocenters. The Bertz CT molecular complexity index is 789. The van der Waals surface area contributed by atoms with Crippen molar-refractivity contribution >= 4 is 40.8 Å². The van der Waals surface area contributed by atoms with E-state index in [-0.39, 0.29) is 17.1 Å². The first kappa shape index (κ1) is 17.1. The van der Waals surface area contributed by atoms with Crippen LogP contribution < -0.4 is 10.9 Å². The lowest BCUT2D eigenvalue weighted by Crippen LogP contribution is -2.27. The summed E-state index contributed by atoms with van der Waals surface area (Å²) < 4.78 is 5.99. The summed E-state index contributed by atoms with van der Waals surface area (Å²) in [6.07, 6.45) is 1.45. The van der Waals surface area contributed by atoms with Gasteiger partial charge in [0.2, 0.25) is 0 Å². The highest BCUT2D eigenvalue weighted by Gasteiger charge is 2.11. The van der Waals surface area contributed by atoms with Gasteiger partial charge in [-0.2, -0.15) is 0 Å². The smallest absolute Gasteiger partial charge is 0.326 e. The Balaban J connectivity index is 1.87. The maximum atomic E-state index is 11.7. The second-order valence-corrected chi connectivity index (χ2v) is 5.26. The van der Waals surface area contributed by atoms with Crippen LogP contribution in [0.4, 0.5) is 5.69 Å². The van der Waals surface area contributed by atoms with Gasteiger partial charge in [0, 0.05) is 12.3 Å². The topological polar surface area (TPSA) is 77.4 Å². The number of rotatable bonds is 5. The van der Waals surface area contributed by atoms with Gasteiger partial charge in [-0.25, -0.2) is 0 Å². The van der Waals surface area contributed by atoms with Crippen molar-refractivity contribution in [3.8, 4) is 0 Å². The molecule has 6 nitrogen and oxygen atoms in total. The molecule has 23 heavy (non-hydrogen) atoms. The van der Waals surface area contributed by atoms with Gasteiger partial charge in [-0.05, 0) is 18.2 Å². The monoisotopic (exact) mass is 354 g/mol. The molecule has 0 aliphatic heterocycles. The van der Waals surface area contributed by atoms with Crippen molar-refractivity contribution in [1.82, 2.24) is 4.57 Å². The Hall–Kier alpha value is -2.31. The first-order valence-electron chi connectivity index (χ1n) is 6.52. The molecule has 8 heteroatoms. The summed E-state index contributed by atoms with van der Waals surface area (Å²) in [7, 11) is 0. The molecule has 0 fully saturated rings. The Morgan fingerprint density at radius 3 is 2.65 bits per heavy atom. The van der Waals surface area contributed by atoms with Gasteiger partial charge in [-0.15, -0.1) is 0 Å². The predicted octanol–water partition coefficient (Wildman–Crippen LogP) is 2.34. The largest absolute Gasteiger partial charge is 0.454 e. The predicted molar refractivity (Wildman–Crippen MR) is 86.8 cm³/mol. The van der Waals surface area contributed by atoms with Crippen LogP contribution >= 0.6 is 23.2 Å². The van der Waals surface area contributed by atoms with Crippen LogP contribution in [0, 0.1) is 0 Å². The second kappa shape index (κ2) is 7.80. The number of nitrogens with one attached hydrogen (secondary N) is 1. The molecule has 2 aromatic rings. The molecular formula is C15H12Cl2N2O4. The van der Waals surface area contributed by atoms with E-state index in [1.54, 1.807) is 30.3 Å². The lowest BCUT2D eigenvalue weighted by molar-refractivity contribution is -0.147. The minimum Gasteiger partial charge on any atom is -0.454 e. The summed E-state index contributed by atoms with van der Waals surface area (Å²) in [5.41, 5.74) is -0.0147. The minimum absolute atomic E-state index is 0.199. The SMILES string of the molecule is O=C(COC(=O)Cn1ccccc1=O)Nc1cccc(Cl)c1Cl. The number of carbonyl (C=O) groups excluding carboxylic acids is 2. The number of pyridine rings is 1. The van der Waals surface area contributed by atoms with Crippen LogP contribution in [0.1, 0.15) is 0 Å². The van der Waals surface area contributed by atoms with E-state index in [0.717, 1.165) is 0 Å². The van der Waals surface area contributed by atoms with Crippen LogP contribution in [0.15, 0.2) is 47.4 Å². The molecule has 1 N–H and O–H groups in total. The Labute approximate surface area is 141 Å². The normalized spacial score (nSPS) is 10.2. The highest BCUT2D eigenvalue weighted by atomic mass is 35.5. The van der Waals surface area contributed by atoms with Gasteiger partial charge < -0.3 is 14.6 Å². The second-order valence-electron chi connectivity index (χ2n) is 4.48. The highest BCUT2D eigenvalue weighted by molar-refractivity contribution is 6.43. The summed E-state index contributed by atoms with van der Waals surface area (Å²) in [5.74, 6) is -1.27. The summed E-state index contributed by atoms with van der Waals surface area (Å²) >= 11 is 11.8. The molecule has 0 saturated carbocycles. The molecular weight excluding hydrogens is 343 g/mol. The Morgan fingerprint density at radius 1 is 1.13 bits per heavy atom. The number of nitrogens with zero attached hydrogens (tertiary/aromatic N) is 1. The zero-order valence-corrected chi connectivity index (χ0v) is 13.3. The molecule has 1 aromatic carbocycles. The summed E-state index contributed by atoms with van der Waals surface area (Å²) in [4.78, 5) is 34.8. The van der Waals surface area contributed by atoms with Crippen molar-refractivity contribution in [2.24, 2.45) is 0 Å². The molecule has 1 amide bonds. The summed E-state index contributed by atoms with van der Waals surface area (Å²) in [5, 5.41) is 2.98. The van der Waals surface area contributed by atoms with E-state index in [2.05, 4.69) is 5.32 Å². The number of benzene rings is 1. The van der Waals surface area contributed by atoms with E-state index in [1.807, 2.05) is 0 Å². The fourth-order valence-corrected chi connectivity index (χ4v) is 2.06. The van der Waals surface area contributed by atoms with Crippen molar-refractivity contribution in [2.75, 3.05) is 11.9 Å². The molecule has 0 radical (unpaired) electrons. The zero-order valence-electron chi connectivity index (χ0n) is 11.8. The van der Waals surface area contributed by atoms with Crippen LogP contribution in [0.25, 0.3) is 0 Å². The molecule has 1 heterocycles. The third-order valence-electron chi connectivity index (χ3n) is 2.79. The zero-order chi connectivity index (χ0) is 16.8. The number of ether oxygens (including phenoxy) is 1. The van der Waals surface area contributed by atoms with Gasteiger partial charge in [0.05, 0.1) is 15.7 Å². The van der Waals surface area contributed by atoms with Crippen molar-refractivity contribution in [2.45, 2.75) is 6.54 Å². The van der Waals surface area contributed by atoms with Gasteiger partial charge in [0.15, 0.2) is 6.61 Å². The van der Waals surface area contributed by atoms with E-state index in [0.29, 0.717) is 10.7 Å². The van der Waals surface area contributed by atoms with Crippen molar-refractivity contribution in [3.63, 3.8) is 0 Å². The van der Waals surface area contributed by atoms with Gasteiger partial charge in [-0.1, -0.05) is 35.3 Å². The summed E-state index contributed by atoms with van der Waals surface area (Å²) in [6.45, 7) is -0.770. The first-order chi connectivity index (χ1) is 11.0. The lowest BCUT2D eigenvalue weighted by atomic mass is 10.3. The van der Waals surface area contributed by atoms with Gasteiger partial charge in [0.25, 0.3) is 11.5 Å². The number of halogens is 2. The summed E-state index contributed by atoms with van der Waals surface area (Å²) in [6, 6.07) is 9.27. The number of amides is 1. The molecule has 0 spiro atoms. The van der Waals surface area contributed by atoms with Crippen LogP contribution in [0.5, 0.6) is 0 Å². The van der Waals surface area contributed by atoms with Gasteiger partial charge >= 0.3 is 5.97 Å². The molecule has 1 aromatic heterocycles. The van der Waals surface area contributed by atoms with Crippen molar-refractivity contribution in [3.05, 3.63) is 63.0 Å². The van der Waals surface area contributed by atoms with E-state index in [1.165, 1.54) is 16.8 Å². The van der Waals surface area contributed by atoms with Crippen molar-refractivity contribution < 1.29 is 14.3 Å². The fourth-order valence-electron chi connectivity index (χ4n) is 1.71. The molecule has 0 aliphatic carbocycles. The number of esters is 1. The van der Waals surface area contributed by atoms with E-state index in [9.17, 15) is 14.4 Å². The standard InChI is InChI=1S/C15H12Cl2N2O4/c16-10-4-3-5-11(15(10)17)18-12(20)9-23-14(22)8-19-7-2-1-6-13(19)21/h1-7H,8-9H2,(H,18,20). The van der Waals surface area contributed by atoms with Crippen LogP contribution in [0.2, 0.25) is 10.0 Å². The first-order valence-corrected chi connectivity index (χ1v) is 7.28. The van der Waals surface area contributed by atoms with E-state index >= 15 is 0 Å². The molecule has 120 valence electrons. The number of hydrogen-bond donors (Lipinski definition) is 1. The third kappa shape index (κ3) is 4.84. The number of aromatic nitrogens is 1. The van der Waals surface area contributed by atoms with Crippen molar-refractivity contribution in [1.29, 1.82) is 0 Å². The Morgan fingerprint density at radius 2 is 1.91 bits per heavy atom. The maximum absolute atomic E-state index is 11.7. The van der Waals surface area contributed by atoms with Crippen LogP contribution in [-0.2, 0) is 20.9 Å². The molecule has 0 saturated heterocycles. The average Bonchev–Trinajstić information content (AvgIpc) is 2.52. The molecule has 0 bridgehead atoms. The fraction of sp³-hybridized carbons (Fsp3) is 0.133. The number of hydrogen-bond acceptors (Lipinski definition) is 4. The van der Waals surface area contributed by atoms with E-state index < -0.39 is 18.5 Å². The molecule has 0 unspecified atom stereocenters.